The van der Waals surface area contributed by atoms with Gasteiger partial charge in [0.15, 0.2) is 0 Å². The first kappa shape index (κ1) is 14.9. The fourth-order valence-corrected chi connectivity index (χ4v) is 1.95. The van der Waals surface area contributed by atoms with Crippen molar-refractivity contribution in [3.8, 4) is 0 Å². The molecule has 1 rings (SSSR count). The lowest BCUT2D eigenvalue weighted by Crippen LogP contribution is -2.37. The van der Waals surface area contributed by atoms with Gasteiger partial charge >= 0.3 is 0 Å². The van der Waals surface area contributed by atoms with E-state index in [-0.39, 0.29) is 18.0 Å². The van der Waals surface area contributed by atoms with E-state index in [4.69, 9.17) is 5.11 Å². The van der Waals surface area contributed by atoms with Gasteiger partial charge in [-0.2, -0.15) is 0 Å². The molecule has 0 fully saturated rings. The number of hydrogen-bond donors (Lipinski definition) is 4. The molecule has 1 atom stereocenters. The van der Waals surface area contributed by atoms with Crippen molar-refractivity contribution in [3.05, 3.63) is 24.3 Å². The Morgan fingerprint density at radius 2 is 1.83 bits per heavy atom. The molecule has 0 aliphatic rings. The first-order chi connectivity index (χ1) is 8.30. The van der Waals surface area contributed by atoms with E-state index in [1.165, 1.54) is 26.1 Å². The average molecular weight is 274 g/mol. The van der Waals surface area contributed by atoms with Crippen LogP contribution in [0, 0.1) is 0 Å². The summed E-state index contributed by atoms with van der Waals surface area (Å²) in [5.74, 6) is 0. The Bertz CT molecular complexity index is 482. The molecule has 0 spiro atoms. The molecule has 0 bridgehead atoms. The van der Waals surface area contributed by atoms with Gasteiger partial charge in [0.05, 0.1) is 11.5 Å². The molecule has 0 heterocycles. The van der Waals surface area contributed by atoms with Gasteiger partial charge in [-0.3, -0.25) is 0 Å². The molecule has 0 saturated carbocycles. The predicted octanol–water partition coefficient (Wildman–Crippen LogP) is -0.250. The normalized spacial score (nSPS) is 15.1. The van der Waals surface area contributed by atoms with Crippen molar-refractivity contribution < 1.29 is 18.6 Å². The second-order valence-electron chi connectivity index (χ2n) is 4.24. The van der Waals surface area contributed by atoms with E-state index in [1.54, 1.807) is 12.1 Å². The largest absolute Gasteiger partial charge is 0.393 e. The number of hydrogen-bond acceptors (Lipinski definition) is 5. The summed E-state index contributed by atoms with van der Waals surface area (Å²) in [5, 5.41) is 21.4. The van der Waals surface area contributed by atoms with Crippen LogP contribution in [-0.4, -0.2) is 44.4 Å². The summed E-state index contributed by atoms with van der Waals surface area (Å²) in [7, 11) is -2.08. The van der Waals surface area contributed by atoms with Crippen LogP contribution in [0.3, 0.4) is 0 Å². The average Bonchev–Trinajstić information content (AvgIpc) is 2.37. The van der Waals surface area contributed by atoms with Gasteiger partial charge in [0, 0.05) is 12.2 Å². The molecular formula is C11H18N2O4S. The smallest absolute Gasteiger partial charge is 0.240 e. The van der Waals surface area contributed by atoms with Gasteiger partial charge in [-0.05, 0) is 38.2 Å². The molecule has 7 heteroatoms. The van der Waals surface area contributed by atoms with Crippen LogP contribution in [0.5, 0.6) is 0 Å². The Morgan fingerprint density at radius 3 is 2.28 bits per heavy atom. The minimum absolute atomic E-state index is 0.168. The lowest BCUT2D eigenvalue weighted by Gasteiger charge is -2.21. The zero-order chi connectivity index (χ0) is 13.8. The summed E-state index contributed by atoms with van der Waals surface area (Å²) in [6.07, 6.45) is 0. The number of benzene rings is 1. The van der Waals surface area contributed by atoms with Crippen LogP contribution in [0.15, 0.2) is 29.2 Å². The highest BCUT2D eigenvalue weighted by molar-refractivity contribution is 7.89. The van der Waals surface area contributed by atoms with Gasteiger partial charge in [-0.1, -0.05) is 0 Å². The third kappa shape index (κ3) is 3.95. The number of aliphatic hydroxyl groups excluding tert-OH is 1. The molecule has 1 aromatic carbocycles. The van der Waals surface area contributed by atoms with E-state index in [9.17, 15) is 13.5 Å². The highest BCUT2D eigenvalue weighted by Crippen LogP contribution is 2.14. The summed E-state index contributed by atoms with van der Waals surface area (Å²) >= 11 is 0. The maximum Gasteiger partial charge on any atom is 0.240 e. The molecule has 0 radical (unpaired) electrons. The van der Waals surface area contributed by atoms with Crippen LogP contribution >= 0.6 is 0 Å². The van der Waals surface area contributed by atoms with Gasteiger partial charge in [0.25, 0.3) is 0 Å². The Balaban J connectivity index is 2.73. The molecule has 18 heavy (non-hydrogen) atoms. The SMILES string of the molecule is CNS(=O)(=O)c1ccc(NCC(C)(O)CO)cc1. The third-order valence-electron chi connectivity index (χ3n) is 2.45. The molecule has 4 N–H and O–H groups in total. The Labute approximate surface area is 107 Å². The van der Waals surface area contributed by atoms with Gasteiger partial charge < -0.3 is 15.5 Å². The second-order valence-corrected chi connectivity index (χ2v) is 6.13. The zero-order valence-electron chi connectivity index (χ0n) is 10.3. The van der Waals surface area contributed by atoms with Gasteiger partial charge in [0.2, 0.25) is 10.0 Å². The van der Waals surface area contributed by atoms with Crippen molar-refractivity contribution >= 4 is 15.7 Å². The Kier molecular flexibility index (Phi) is 4.69. The van der Waals surface area contributed by atoms with Crippen LogP contribution in [0.2, 0.25) is 0 Å². The van der Waals surface area contributed by atoms with Gasteiger partial charge in [-0.25, -0.2) is 13.1 Å². The molecule has 1 unspecified atom stereocenters. The number of rotatable bonds is 6. The van der Waals surface area contributed by atoms with E-state index >= 15 is 0 Å². The molecule has 0 saturated heterocycles. The standard InChI is InChI=1S/C11H18N2O4S/c1-11(15,8-14)7-13-9-3-5-10(6-4-9)18(16,17)12-2/h3-6,12-15H,7-8H2,1-2H3. The Morgan fingerprint density at radius 1 is 1.28 bits per heavy atom. The topological polar surface area (TPSA) is 98.7 Å². The van der Waals surface area contributed by atoms with Crippen molar-refractivity contribution in [2.45, 2.75) is 17.4 Å². The second kappa shape index (κ2) is 5.66. The lowest BCUT2D eigenvalue weighted by atomic mass is 10.1. The van der Waals surface area contributed by atoms with Crippen molar-refractivity contribution in [3.63, 3.8) is 0 Å². The highest BCUT2D eigenvalue weighted by Gasteiger charge is 2.18. The summed E-state index contributed by atoms with van der Waals surface area (Å²) in [5.41, 5.74) is -0.547. The van der Waals surface area contributed by atoms with E-state index in [0.717, 1.165) is 0 Å². The van der Waals surface area contributed by atoms with Crippen LogP contribution < -0.4 is 10.0 Å². The van der Waals surface area contributed by atoms with Crippen molar-refractivity contribution in [2.75, 3.05) is 25.5 Å². The number of anilines is 1. The molecule has 0 aromatic heterocycles. The van der Waals surface area contributed by atoms with Crippen LogP contribution in [0.4, 0.5) is 5.69 Å². The first-order valence-electron chi connectivity index (χ1n) is 5.41. The Hall–Kier alpha value is -1.15. The number of aliphatic hydroxyl groups is 2. The van der Waals surface area contributed by atoms with Crippen LogP contribution in [-0.2, 0) is 10.0 Å². The molecule has 0 aliphatic heterocycles. The minimum atomic E-state index is -3.43. The summed E-state index contributed by atoms with van der Waals surface area (Å²) < 4.78 is 25.2. The molecule has 0 aliphatic carbocycles. The van der Waals surface area contributed by atoms with Crippen LogP contribution in [0.1, 0.15) is 6.92 Å². The minimum Gasteiger partial charge on any atom is -0.393 e. The molecule has 6 nitrogen and oxygen atoms in total. The van der Waals surface area contributed by atoms with E-state index in [2.05, 4.69) is 10.0 Å². The van der Waals surface area contributed by atoms with Crippen LogP contribution in [0.25, 0.3) is 0 Å². The zero-order valence-corrected chi connectivity index (χ0v) is 11.2. The maximum atomic E-state index is 11.5. The van der Waals surface area contributed by atoms with E-state index < -0.39 is 15.6 Å². The predicted molar refractivity (Wildman–Crippen MR) is 68.9 cm³/mol. The van der Waals surface area contributed by atoms with E-state index in [0.29, 0.717) is 5.69 Å². The lowest BCUT2D eigenvalue weighted by molar-refractivity contribution is 0.0132. The maximum absolute atomic E-state index is 11.5. The number of sulfonamides is 1. The van der Waals surface area contributed by atoms with E-state index in [1.807, 2.05) is 0 Å². The van der Waals surface area contributed by atoms with Crippen molar-refractivity contribution in [1.29, 1.82) is 0 Å². The molecular weight excluding hydrogens is 256 g/mol. The van der Waals surface area contributed by atoms with Gasteiger partial charge in [-0.15, -0.1) is 0 Å². The molecule has 1 aromatic rings. The monoisotopic (exact) mass is 274 g/mol. The highest BCUT2D eigenvalue weighted by atomic mass is 32.2. The molecule has 0 amide bonds. The third-order valence-corrected chi connectivity index (χ3v) is 3.88. The fraction of sp³-hybridized carbons (Fsp3) is 0.455. The summed E-state index contributed by atoms with van der Waals surface area (Å²) in [6, 6.07) is 6.11. The van der Waals surface area contributed by atoms with Crippen molar-refractivity contribution in [1.82, 2.24) is 4.72 Å². The fourth-order valence-electron chi connectivity index (χ4n) is 1.22. The van der Waals surface area contributed by atoms with Crippen molar-refractivity contribution in [2.24, 2.45) is 0 Å². The van der Waals surface area contributed by atoms with Gasteiger partial charge in [0.1, 0.15) is 5.60 Å². The first-order valence-corrected chi connectivity index (χ1v) is 6.90. The summed E-state index contributed by atoms with van der Waals surface area (Å²) in [6.45, 7) is 1.31. The number of nitrogens with one attached hydrogen (secondary N) is 2. The summed E-state index contributed by atoms with van der Waals surface area (Å²) in [4.78, 5) is 0.171. The molecule has 102 valence electrons. The quantitative estimate of drug-likeness (QED) is 0.573.